The van der Waals surface area contributed by atoms with Crippen LogP contribution < -0.4 is 0 Å². The molecule has 1 aliphatic rings. The number of hydrogen-bond donors (Lipinski definition) is 0. The van der Waals surface area contributed by atoms with E-state index in [-0.39, 0.29) is 16.8 Å². The number of hydrogen-bond acceptors (Lipinski definition) is 4. The van der Waals surface area contributed by atoms with Crippen LogP contribution in [0.1, 0.15) is 50.8 Å². The van der Waals surface area contributed by atoms with Crippen LogP contribution in [0.2, 0.25) is 0 Å². The number of likely N-dealkylation sites (tertiary alicyclic amines) is 1. The Kier molecular flexibility index (Phi) is 6.71. The van der Waals surface area contributed by atoms with Gasteiger partial charge in [-0.15, -0.1) is 0 Å². The first-order chi connectivity index (χ1) is 13.0. The summed E-state index contributed by atoms with van der Waals surface area (Å²) in [6.45, 7) is 7.31. The van der Waals surface area contributed by atoms with Crippen molar-refractivity contribution in [1.82, 2.24) is 14.5 Å². The van der Waals surface area contributed by atoms with Gasteiger partial charge in [-0.3, -0.25) is 4.90 Å². The summed E-state index contributed by atoms with van der Waals surface area (Å²) in [6.07, 6.45) is 6.76. The summed E-state index contributed by atoms with van der Waals surface area (Å²) in [5.74, 6) is 0.202. The first-order valence-corrected chi connectivity index (χ1v) is 11.6. The molecule has 0 N–H and O–H groups in total. The minimum absolute atomic E-state index is 0.0749. The minimum atomic E-state index is -3.40. The lowest BCUT2D eigenvalue weighted by Gasteiger charge is -2.21. The Labute approximate surface area is 163 Å². The molecule has 0 atom stereocenters. The summed E-state index contributed by atoms with van der Waals surface area (Å²) in [7, 11) is -3.40. The lowest BCUT2D eigenvalue weighted by atomic mass is 10.2. The van der Waals surface area contributed by atoms with Crippen molar-refractivity contribution in [2.75, 3.05) is 18.8 Å². The molecule has 3 rings (SSSR count). The Morgan fingerprint density at radius 3 is 2.30 bits per heavy atom. The Morgan fingerprint density at radius 1 is 1.00 bits per heavy atom. The molecule has 1 saturated heterocycles. The van der Waals surface area contributed by atoms with Crippen LogP contribution in [0.25, 0.3) is 0 Å². The highest BCUT2D eigenvalue weighted by Gasteiger charge is 2.25. The van der Waals surface area contributed by atoms with Gasteiger partial charge in [0.2, 0.25) is 15.0 Å². The van der Waals surface area contributed by atoms with Crippen LogP contribution in [0.5, 0.6) is 0 Å². The average molecular weight is 390 g/mol. The maximum atomic E-state index is 12.9. The standard InChI is InChI=1S/C21H31N3O2S/c1-18(2)17-27(25,26)21-22-14-20(16-23-12-8-3-4-9-13-23)24(21)15-19-10-6-5-7-11-19/h5-7,10-11,14,18H,3-4,8-9,12-13,15-17H2,1-2H3. The van der Waals surface area contributed by atoms with E-state index in [9.17, 15) is 8.42 Å². The summed E-state index contributed by atoms with van der Waals surface area (Å²) in [5, 5.41) is 0.213. The molecule has 0 unspecified atom stereocenters. The zero-order valence-electron chi connectivity index (χ0n) is 16.5. The summed E-state index contributed by atoms with van der Waals surface area (Å²) >= 11 is 0. The van der Waals surface area contributed by atoms with Gasteiger partial charge in [-0.25, -0.2) is 13.4 Å². The molecule has 0 saturated carbocycles. The number of nitrogens with zero attached hydrogens (tertiary/aromatic N) is 3. The normalized spacial score (nSPS) is 16.6. The molecule has 2 aromatic rings. The fourth-order valence-electron chi connectivity index (χ4n) is 3.74. The quantitative estimate of drug-likeness (QED) is 0.724. The van der Waals surface area contributed by atoms with Crippen LogP contribution >= 0.6 is 0 Å². The number of aromatic nitrogens is 2. The predicted octanol–water partition coefficient (Wildman–Crippen LogP) is 3.74. The number of rotatable bonds is 7. The highest BCUT2D eigenvalue weighted by atomic mass is 32.2. The smallest absolute Gasteiger partial charge is 0.228 e. The molecule has 0 amide bonds. The van der Waals surface area contributed by atoms with Crippen LogP contribution in [0.4, 0.5) is 0 Å². The van der Waals surface area contributed by atoms with Gasteiger partial charge in [0.25, 0.3) is 0 Å². The van der Waals surface area contributed by atoms with Crippen molar-refractivity contribution < 1.29 is 8.42 Å². The third kappa shape index (κ3) is 5.42. The second-order valence-electron chi connectivity index (χ2n) is 7.97. The van der Waals surface area contributed by atoms with E-state index >= 15 is 0 Å². The molecule has 1 aromatic heterocycles. The Morgan fingerprint density at radius 2 is 1.67 bits per heavy atom. The maximum Gasteiger partial charge on any atom is 0.228 e. The van der Waals surface area contributed by atoms with Crippen LogP contribution in [0.3, 0.4) is 0 Å². The lowest BCUT2D eigenvalue weighted by Crippen LogP contribution is -2.26. The molecule has 0 radical (unpaired) electrons. The fraction of sp³-hybridized carbons (Fsp3) is 0.571. The molecule has 5 nitrogen and oxygen atoms in total. The maximum absolute atomic E-state index is 12.9. The van der Waals surface area contributed by atoms with Gasteiger partial charge in [-0.1, -0.05) is 57.0 Å². The molecular weight excluding hydrogens is 358 g/mol. The largest absolute Gasteiger partial charge is 0.313 e. The molecular formula is C21H31N3O2S. The van der Waals surface area contributed by atoms with Gasteiger partial charge in [-0.2, -0.15) is 0 Å². The monoisotopic (exact) mass is 389 g/mol. The second kappa shape index (κ2) is 9.02. The van der Waals surface area contributed by atoms with E-state index in [1.807, 2.05) is 48.7 Å². The van der Waals surface area contributed by atoms with Crippen molar-refractivity contribution in [3.63, 3.8) is 0 Å². The van der Waals surface area contributed by atoms with Crippen LogP contribution in [-0.2, 0) is 22.9 Å². The molecule has 148 valence electrons. The molecule has 0 spiro atoms. The zero-order valence-corrected chi connectivity index (χ0v) is 17.3. The number of benzene rings is 1. The van der Waals surface area contributed by atoms with Gasteiger partial charge < -0.3 is 4.57 Å². The van der Waals surface area contributed by atoms with Gasteiger partial charge in [0.15, 0.2) is 0 Å². The molecule has 1 fully saturated rings. The van der Waals surface area contributed by atoms with Crippen LogP contribution in [0.15, 0.2) is 41.7 Å². The zero-order chi connectivity index (χ0) is 19.3. The highest BCUT2D eigenvalue weighted by molar-refractivity contribution is 7.91. The molecule has 2 heterocycles. The van der Waals surface area contributed by atoms with E-state index in [0.717, 1.165) is 30.9 Å². The van der Waals surface area contributed by atoms with Crippen molar-refractivity contribution in [3.05, 3.63) is 47.8 Å². The van der Waals surface area contributed by atoms with E-state index in [0.29, 0.717) is 6.54 Å². The third-order valence-corrected chi connectivity index (χ3v) is 6.99. The summed E-state index contributed by atoms with van der Waals surface area (Å²) in [5.41, 5.74) is 2.08. The van der Waals surface area contributed by atoms with Gasteiger partial charge in [0, 0.05) is 6.54 Å². The van der Waals surface area contributed by atoms with Gasteiger partial charge in [0.05, 0.1) is 24.2 Å². The first-order valence-electron chi connectivity index (χ1n) is 9.99. The van der Waals surface area contributed by atoms with Crippen molar-refractivity contribution in [3.8, 4) is 0 Å². The topological polar surface area (TPSA) is 55.2 Å². The summed E-state index contributed by atoms with van der Waals surface area (Å²) in [6, 6.07) is 10.0. The Bertz CT molecular complexity index is 820. The molecule has 0 bridgehead atoms. The number of sulfone groups is 1. The second-order valence-corrected chi connectivity index (χ2v) is 9.90. The van der Waals surface area contributed by atoms with Crippen molar-refractivity contribution in [2.24, 2.45) is 5.92 Å². The van der Waals surface area contributed by atoms with Crippen LogP contribution in [-0.4, -0.2) is 41.7 Å². The third-order valence-electron chi connectivity index (χ3n) is 5.00. The van der Waals surface area contributed by atoms with E-state index in [4.69, 9.17) is 0 Å². The molecule has 1 aliphatic heterocycles. The van der Waals surface area contributed by atoms with Crippen molar-refractivity contribution in [1.29, 1.82) is 0 Å². The molecule has 1 aromatic carbocycles. The van der Waals surface area contributed by atoms with Gasteiger partial charge in [0.1, 0.15) is 0 Å². The average Bonchev–Trinajstić information content (AvgIpc) is 2.83. The Hall–Kier alpha value is -1.66. The Balaban J connectivity index is 1.92. The molecule has 6 heteroatoms. The summed E-state index contributed by atoms with van der Waals surface area (Å²) in [4.78, 5) is 6.81. The van der Waals surface area contributed by atoms with E-state index in [1.165, 1.54) is 25.7 Å². The lowest BCUT2D eigenvalue weighted by molar-refractivity contribution is 0.269. The van der Waals surface area contributed by atoms with Gasteiger partial charge in [-0.05, 0) is 37.4 Å². The van der Waals surface area contributed by atoms with E-state index in [2.05, 4.69) is 9.88 Å². The van der Waals surface area contributed by atoms with Crippen molar-refractivity contribution in [2.45, 2.75) is 57.8 Å². The van der Waals surface area contributed by atoms with E-state index < -0.39 is 9.84 Å². The first kappa shape index (κ1) is 20.1. The SMILES string of the molecule is CC(C)CS(=O)(=O)c1ncc(CN2CCCCCC2)n1Cc1ccccc1. The minimum Gasteiger partial charge on any atom is -0.313 e. The highest BCUT2D eigenvalue weighted by Crippen LogP contribution is 2.20. The molecule has 27 heavy (non-hydrogen) atoms. The number of imidazole rings is 1. The molecule has 0 aliphatic carbocycles. The predicted molar refractivity (Wildman–Crippen MR) is 108 cm³/mol. The van der Waals surface area contributed by atoms with E-state index in [1.54, 1.807) is 6.20 Å². The fourth-order valence-corrected chi connectivity index (χ4v) is 5.50. The van der Waals surface area contributed by atoms with Crippen molar-refractivity contribution >= 4 is 9.84 Å². The summed E-state index contributed by atoms with van der Waals surface area (Å²) < 4.78 is 27.7. The van der Waals surface area contributed by atoms with Crippen LogP contribution in [0, 0.1) is 5.92 Å². The van der Waals surface area contributed by atoms with Gasteiger partial charge >= 0.3 is 0 Å².